The Morgan fingerprint density at radius 2 is 1.92 bits per heavy atom. The Bertz CT molecular complexity index is 1620. The summed E-state index contributed by atoms with van der Waals surface area (Å²) in [5.41, 5.74) is 4.25. The molecule has 1 N–H and O–H groups in total. The number of aromatic carboxylic acids is 1. The monoisotopic (exact) mass is 496 g/mol. The Morgan fingerprint density at radius 3 is 2.62 bits per heavy atom. The molecule has 11 nitrogen and oxygen atoms in total. The van der Waals surface area contributed by atoms with Crippen molar-refractivity contribution in [3.63, 3.8) is 0 Å². The van der Waals surface area contributed by atoms with E-state index in [4.69, 9.17) is 9.72 Å². The Morgan fingerprint density at radius 1 is 1.11 bits per heavy atom. The van der Waals surface area contributed by atoms with Gasteiger partial charge >= 0.3 is 5.97 Å². The number of ether oxygens (including phenoxy) is 1. The van der Waals surface area contributed by atoms with Crippen molar-refractivity contribution in [2.75, 3.05) is 7.11 Å². The highest BCUT2D eigenvalue weighted by atomic mass is 16.5. The molecule has 1 fully saturated rings. The summed E-state index contributed by atoms with van der Waals surface area (Å²) >= 11 is 0. The van der Waals surface area contributed by atoms with Crippen LogP contribution in [0.3, 0.4) is 0 Å². The van der Waals surface area contributed by atoms with Gasteiger partial charge in [0.1, 0.15) is 17.7 Å². The van der Waals surface area contributed by atoms with Gasteiger partial charge in [0, 0.05) is 30.4 Å². The number of carboxylic acid groups (broad SMARTS) is 1. The second-order valence-electron chi connectivity index (χ2n) is 8.93. The number of carbonyl (C=O) groups is 1. The minimum absolute atomic E-state index is 0.0321. The van der Waals surface area contributed by atoms with Crippen LogP contribution in [-0.2, 0) is 13.1 Å². The van der Waals surface area contributed by atoms with E-state index >= 15 is 0 Å². The van der Waals surface area contributed by atoms with Crippen LogP contribution in [0.5, 0.6) is 5.88 Å². The summed E-state index contributed by atoms with van der Waals surface area (Å²) in [7, 11) is 1.59. The molecule has 0 amide bonds. The highest BCUT2D eigenvalue weighted by Gasteiger charge is 2.31. The fraction of sp³-hybridized carbons (Fsp3) is 0.269. The third kappa shape index (κ3) is 4.18. The fourth-order valence-electron chi connectivity index (χ4n) is 4.44. The highest BCUT2D eigenvalue weighted by Crippen LogP contribution is 2.44. The van der Waals surface area contributed by atoms with E-state index in [2.05, 4.69) is 25.0 Å². The van der Waals surface area contributed by atoms with Gasteiger partial charge in [-0.3, -0.25) is 0 Å². The molecule has 37 heavy (non-hydrogen) atoms. The zero-order valence-electron chi connectivity index (χ0n) is 20.4. The molecule has 6 rings (SSSR count). The summed E-state index contributed by atoms with van der Waals surface area (Å²) < 4.78 is 9.18. The third-order valence-corrected chi connectivity index (χ3v) is 6.48. The molecule has 4 aromatic heterocycles. The predicted molar refractivity (Wildman–Crippen MR) is 134 cm³/mol. The van der Waals surface area contributed by atoms with Gasteiger partial charge in [-0.05, 0) is 25.3 Å². The van der Waals surface area contributed by atoms with Crippen LogP contribution in [-0.4, -0.2) is 57.5 Å². The number of rotatable bonds is 8. The molecule has 5 aromatic rings. The van der Waals surface area contributed by atoms with E-state index in [0.29, 0.717) is 42.2 Å². The average molecular weight is 497 g/mol. The SMILES string of the molecule is CCn1cc(C(=O)O)nc1-c1ccc(Cn2ncc3cnc(-c4c(OC)ncnc4C4CC4)nc32)cc1. The summed E-state index contributed by atoms with van der Waals surface area (Å²) in [6.45, 7) is 3.08. The lowest BCUT2D eigenvalue weighted by Crippen LogP contribution is -2.05. The van der Waals surface area contributed by atoms with Crippen LogP contribution in [0.25, 0.3) is 33.8 Å². The lowest BCUT2D eigenvalue weighted by atomic mass is 10.1. The maximum atomic E-state index is 11.3. The van der Waals surface area contributed by atoms with Gasteiger partial charge < -0.3 is 14.4 Å². The van der Waals surface area contributed by atoms with E-state index in [1.54, 1.807) is 25.7 Å². The lowest BCUT2D eigenvalue weighted by molar-refractivity contribution is 0.0691. The number of methoxy groups -OCH3 is 1. The molecule has 0 atom stereocenters. The molecule has 11 heteroatoms. The van der Waals surface area contributed by atoms with E-state index in [9.17, 15) is 9.90 Å². The van der Waals surface area contributed by atoms with Gasteiger partial charge in [-0.15, -0.1) is 0 Å². The van der Waals surface area contributed by atoms with Crippen molar-refractivity contribution in [3.05, 3.63) is 66.1 Å². The normalized spacial score (nSPS) is 13.2. The number of fused-ring (bicyclic) bond motifs is 1. The van der Waals surface area contributed by atoms with Crippen molar-refractivity contribution in [2.24, 2.45) is 0 Å². The first kappa shape index (κ1) is 22.8. The van der Waals surface area contributed by atoms with Crippen molar-refractivity contribution in [2.45, 2.75) is 38.8 Å². The van der Waals surface area contributed by atoms with Crippen molar-refractivity contribution in [1.29, 1.82) is 0 Å². The van der Waals surface area contributed by atoms with Gasteiger partial charge in [-0.25, -0.2) is 34.4 Å². The van der Waals surface area contributed by atoms with Gasteiger partial charge in [0.15, 0.2) is 17.2 Å². The second kappa shape index (κ2) is 9.08. The molecule has 186 valence electrons. The number of carboxylic acids is 1. The molecule has 1 aliphatic rings. The molecule has 0 bridgehead atoms. The quantitative estimate of drug-likeness (QED) is 0.340. The van der Waals surface area contributed by atoms with Crippen LogP contribution in [0.4, 0.5) is 0 Å². The number of aryl methyl sites for hydroxylation is 1. The molecule has 0 radical (unpaired) electrons. The maximum Gasteiger partial charge on any atom is 0.356 e. The van der Waals surface area contributed by atoms with Crippen molar-refractivity contribution >= 4 is 17.0 Å². The number of hydrogen-bond acceptors (Lipinski definition) is 8. The second-order valence-corrected chi connectivity index (χ2v) is 8.93. The van der Waals surface area contributed by atoms with Crippen LogP contribution in [0.1, 0.15) is 47.4 Å². The van der Waals surface area contributed by atoms with Gasteiger partial charge in [-0.1, -0.05) is 24.3 Å². The minimum atomic E-state index is -1.04. The van der Waals surface area contributed by atoms with E-state index < -0.39 is 5.97 Å². The van der Waals surface area contributed by atoms with Crippen LogP contribution >= 0.6 is 0 Å². The summed E-state index contributed by atoms with van der Waals surface area (Å²) in [4.78, 5) is 33.8. The zero-order chi connectivity index (χ0) is 25.5. The first-order valence-corrected chi connectivity index (χ1v) is 12.0. The van der Waals surface area contributed by atoms with Crippen LogP contribution in [0.15, 0.2) is 49.2 Å². The zero-order valence-corrected chi connectivity index (χ0v) is 20.4. The predicted octanol–water partition coefficient (Wildman–Crippen LogP) is 3.80. The summed E-state index contributed by atoms with van der Waals surface area (Å²) in [6, 6.07) is 7.85. The largest absolute Gasteiger partial charge is 0.480 e. The number of hydrogen-bond donors (Lipinski definition) is 1. The number of benzene rings is 1. The van der Waals surface area contributed by atoms with E-state index in [1.165, 1.54) is 6.33 Å². The summed E-state index contributed by atoms with van der Waals surface area (Å²) in [6.07, 6.45) is 8.76. The first-order valence-electron chi connectivity index (χ1n) is 12.0. The van der Waals surface area contributed by atoms with Gasteiger partial charge in [-0.2, -0.15) is 5.10 Å². The Labute approximate surface area is 211 Å². The van der Waals surface area contributed by atoms with Gasteiger partial charge in [0.2, 0.25) is 5.88 Å². The van der Waals surface area contributed by atoms with Gasteiger partial charge in [0.25, 0.3) is 0 Å². The Hall–Kier alpha value is -4.67. The van der Waals surface area contributed by atoms with Crippen molar-refractivity contribution < 1.29 is 14.6 Å². The van der Waals surface area contributed by atoms with E-state index in [-0.39, 0.29) is 5.69 Å². The van der Waals surface area contributed by atoms with Crippen LogP contribution in [0, 0.1) is 0 Å². The number of aromatic nitrogens is 8. The topological polar surface area (TPSA) is 134 Å². The third-order valence-electron chi connectivity index (χ3n) is 6.48. The summed E-state index contributed by atoms with van der Waals surface area (Å²) in [5.74, 6) is 0.947. The lowest BCUT2D eigenvalue weighted by Gasteiger charge is -2.11. The van der Waals surface area contributed by atoms with E-state index in [1.807, 2.05) is 40.4 Å². The van der Waals surface area contributed by atoms with Gasteiger partial charge in [0.05, 0.1) is 30.9 Å². The molecule has 0 aliphatic heterocycles. The average Bonchev–Trinajstić information content (AvgIpc) is 3.56. The molecule has 0 saturated heterocycles. The Kier molecular flexibility index (Phi) is 5.59. The molecule has 0 unspecified atom stereocenters. The molecule has 1 saturated carbocycles. The molecular formula is C26H24N8O3. The maximum absolute atomic E-state index is 11.3. The highest BCUT2D eigenvalue weighted by molar-refractivity contribution is 5.86. The van der Waals surface area contributed by atoms with Crippen LogP contribution < -0.4 is 4.74 Å². The minimum Gasteiger partial charge on any atom is -0.480 e. The van der Waals surface area contributed by atoms with Crippen LogP contribution in [0.2, 0.25) is 0 Å². The number of nitrogens with zero attached hydrogens (tertiary/aromatic N) is 8. The standard InChI is InChI=1S/C26H24N8O3/c1-3-33-13-19(26(35)36)31-23(33)17-6-4-15(5-7-17)12-34-24-18(11-30-34)10-27-22(32-24)20-21(16-8-9-16)28-14-29-25(20)37-2/h4-7,10-11,13-14,16H,3,8-9,12H2,1-2H3,(H,35,36). The molecule has 4 heterocycles. The number of imidazole rings is 1. The molecule has 1 aliphatic carbocycles. The Balaban J connectivity index is 1.32. The molecule has 0 spiro atoms. The molecule has 1 aromatic carbocycles. The smallest absolute Gasteiger partial charge is 0.356 e. The summed E-state index contributed by atoms with van der Waals surface area (Å²) in [5, 5.41) is 14.7. The fourth-order valence-corrected chi connectivity index (χ4v) is 4.44. The molecular weight excluding hydrogens is 472 g/mol. The van der Waals surface area contributed by atoms with Crippen molar-refractivity contribution in [3.8, 4) is 28.7 Å². The first-order chi connectivity index (χ1) is 18.1. The van der Waals surface area contributed by atoms with Crippen molar-refractivity contribution in [1.82, 2.24) is 39.3 Å². The van der Waals surface area contributed by atoms with E-state index in [0.717, 1.165) is 40.6 Å².